The summed E-state index contributed by atoms with van der Waals surface area (Å²) >= 11 is 0. The van der Waals surface area contributed by atoms with Crippen molar-refractivity contribution in [1.29, 1.82) is 0 Å². The van der Waals surface area contributed by atoms with E-state index in [4.69, 9.17) is 0 Å². The SMILES string of the molecule is CCC(NC(=O)CC1CCCCNC1=O)C(=O)Nc1cc(-c2ccccc2)[nH]n1. The van der Waals surface area contributed by atoms with Crippen LogP contribution in [0.1, 0.15) is 39.0 Å². The molecule has 1 aliphatic rings. The maximum absolute atomic E-state index is 12.6. The molecule has 0 saturated carbocycles. The van der Waals surface area contributed by atoms with E-state index in [1.807, 2.05) is 37.3 Å². The van der Waals surface area contributed by atoms with Gasteiger partial charge in [-0.2, -0.15) is 5.10 Å². The van der Waals surface area contributed by atoms with Crippen LogP contribution in [0.2, 0.25) is 0 Å². The summed E-state index contributed by atoms with van der Waals surface area (Å²) in [6.07, 6.45) is 3.06. The minimum absolute atomic E-state index is 0.0832. The number of nitrogens with one attached hydrogen (secondary N) is 4. The highest BCUT2D eigenvalue weighted by molar-refractivity contribution is 5.97. The van der Waals surface area contributed by atoms with E-state index in [0.29, 0.717) is 25.2 Å². The lowest BCUT2D eigenvalue weighted by Gasteiger charge is -2.18. The van der Waals surface area contributed by atoms with Crippen molar-refractivity contribution in [3.05, 3.63) is 36.4 Å². The molecule has 1 saturated heterocycles. The van der Waals surface area contributed by atoms with Crippen LogP contribution < -0.4 is 16.0 Å². The number of H-pyrrole nitrogens is 1. The smallest absolute Gasteiger partial charge is 0.248 e. The van der Waals surface area contributed by atoms with Crippen LogP contribution in [0, 0.1) is 5.92 Å². The molecule has 2 unspecified atom stereocenters. The molecule has 0 spiro atoms. The van der Waals surface area contributed by atoms with Gasteiger partial charge in [-0.25, -0.2) is 0 Å². The van der Waals surface area contributed by atoms with Crippen LogP contribution in [0.4, 0.5) is 5.82 Å². The van der Waals surface area contributed by atoms with Crippen molar-refractivity contribution in [2.45, 2.75) is 45.1 Å². The molecule has 0 aliphatic carbocycles. The second-order valence-corrected chi connectivity index (χ2v) is 7.24. The summed E-state index contributed by atoms with van der Waals surface area (Å²) in [4.78, 5) is 37.0. The summed E-state index contributed by atoms with van der Waals surface area (Å²) in [7, 11) is 0. The van der Waals surface area contributed by atoms with Crippen molar-refractivity contribution in [1.82, 2.24) is 20.8 Å². The fourth-order valence-corrected chi connectivity index (χ4v) is 3.39. The molecule has 1 fully saturated rings. The van der Waals surface area contributed by atoms with Crippen molar-refractivity contribution < 1.29 is 14.4 Å². The Balaban J connectivity index is 1.55. The molecule has 29 heavy (non-hydrogen) atoms. The van der Waals surface area contributed by atoms with Crippen molar-refractivity contribution in [3.63, 3.8) is 0 Å². The first-order valence-corrected chi connectivity index (χ1v) is 10.1. The second-order valence-electron chi connectivity index (χ2n) is 7.24. The predicted octanol–water partition coefficient (Wildman–Crippen LogP) is 2.22. The summed E-state index contributed by atoms with van der Waals surface area (Å²) in [6.45, 7) is 2.48. The average molecular weight is 397 g/mol. The van der Waals surface area contributed by atoms with Crippen LogP contribution in [-0.2, 0) is 14.4 Å². The third-order valence-corrected chi connectivity index (χ3v) is 5.06. The largest absolute Gasteiger partial charge is 0.356 e. The monoisotopic (exact) mass is 397 g/mol. The van der Waals surface area contributed by atoms with Crippen molar-refractivity contribution >= 4 is 23.5 Å². The zero-order chi connectivity index (χ0) is 20.6. The molecule has 1 aromatic carbocycles. The van der Waals surface area contributed by atoms with E-state index in [0.717, 1.165) is 24.1 Å². The van der Waals surface area contributed by atoms with Gasteiger partial charge in [-0.15, -0.1) is 0 Å². The van der Waals surface area contributed by atoms with Gasteiger partial charge in [0.05, 0.1) is 5.69 Å². The van der Waals surface area contributed by atoms with Gasteiger partial charge in [0.15, 0.2) is 5.82 Å². The summed E-state index contributed by atoms with van der Waals surface area (Å²) in [5.41, 5.74) is 1.75. The number of benzene rings is 1. The zero-order valence-corrected chi connectivity index (χ0v) is 16.5. The fourth-order valence-electron chi connectivity index (χ4n) is 3.39. The standard InChI is InChI=1S/C21H27N5O3/c1-2-16(23-19(27)12-15-10-6-7-11-22-20(15)28)21(29)24-18-13-17(25-26-18)14-8-4-3-5-9-14/h3-5,8-9,13,15-16H,2,6-7,10-12H2,1H3,(H,22,28)(H,23,27)(H2,24,25,26,29). The second kappa shape index (κ2) is 9.86. The van der Waals surface area contributed by atoms with Crippen molar-refractivity contribution in [2.75, 3.05) is 11.9 Å². The number of anilines is 1. The minimum atomic E-state index is -0.687. The van der Waals surface area contributed by atoms with Crippen LogP contribution >= 0.6 is 0 Å². The molecule has 8 nitrogen and oxygen atoms in total. The molecule has 0 radical (unpaired) electrons. The van der Waals surface area contributed by atoms with Crippen LogP contribution in [-0.4, -0.2) is 40.5 Å². The van der Waals surface area contributed by atoms with Crippen molar-refractivity contribution in [3.8, 4) is 11.3 Å². The summed E-state index contributed by atoms with van der Waals surface area (Å²) < 4.78 is 0. The molecule has 1 aromatic heterocycles. The fraction of sp³-hybridized carbons (Fsp3) is 0.429. The first kappa shape index (κ1) is 20.6. The van der Waals surface area contributed by atoms with Gasteiger partial charge in [-0.3, -0.25) is 19.5 Å². The third kappa shape index (κ3) is 5.66. The highest BCUT2D eigenvalue weighted by Crippen LogP contribution is 2.19. The first-order valence-electron chi connectivity index (χ1n) is 10.1. The normalized spacial score (nSPS) is 17.7. The number of aromatic amines is 1. The van der Waals surface area contributed by atoms with Gasteiger partial charge in [0.25, 0.3) is 0 Å². The molecule has 4 N–H and O–H groups in total. The lowest BCUT2D eigenvalue weighted by molar-refractivity contribution is -0.131. The molecular formula is C21H27N5O3. The number of carbonyl (C=O) groups excluding carboxylic acids is 3. The average Bonchev–Trinajstić information content (AvgIpc) is 3.10. The van der Waals surface area contributed by atoms with Crippen LogP contribution in [0.5, 0.6) is 0 Å². The molecule has 2 atom stereocenters. The number of amides is 3. The maximum Gasteiger partial charge on any atom is 0.248 e. The maximum atomic E-state index is 12.6. The molecular weight excluding hydrogens is 370 g/mol. The van der Waals surface area contributed by atoms with Gasteiger partial charge < -0.3 is 16.0 Å². The number of hydrogen-bond donors (Lipinski definition) is 4. The van der Waals surface area contributed by atoms with Gasteiger partial charge in [-0.1, -0.05) is 43.7 Å². The first-order chi connectivity index (χ1) is 14.1. The molecule has 154 valence electrons. The zero-order valence-electron chi connectivity index (χ0n) is 16.5. The van der Waals surface area contributed by atoms with E-state index in [-0.39, 0.29) is 30.1 Å². The summed E-state index contributed by atoms with van der Waals surface area (Å²) in [5, 5.41) is 15.3. The van der Waals surface area contributed by atoms with Crippen LogP contribution in [0.15, 0.2) is 36.4 Å². The molecule has 1 aliphatic heterocycles. The molecule has 3 amide bonds. The Morgan fingerprint density at radius 3 is 2.79 bits per heavy atom. The molecule has 2 aromatic rings. The molecule has 8 heteroatoms. The van der Waals surface area contributed by atoms with Gasteiger partial charge in [0.2, 0.25) is 17.7 Å². The number of hydrogen-bond acceptors (Lipinski definition) is 4. The van der Waals surface area contributed by atoms with Gasteiger partial charge in [0.1, 0.15) is 6.04 Å². The Labute approximate surface area is 169 Å². The summed E-state index contributed by atoms with van der Waals surface area (Å²) in [6, 6.07) is 10.7. The van der Waals surface area contributed by atoms with Crippen molar-refractivity contribution in [2.24, 2.45) is 5.92 Å². The van der Waals surface area contributed by atoms with Crippen LogP contribution in [0.25, 0.3) is 11.3 Å². The Bertz CT molecular complexity index is 849. The van der Waals surface area contributed by atoms with Gasteiger partial charge in [-0.05, 0) is 24.8 Å². The lowest BCUT2D eigenvalue weighted by Crippen LogP contribution is -2.44. The number of nitrogens with zero attached hydrogens (tertiary/aromatic N) is 1. The van der Waals surface area contributed by atoms with E-state index < -0.39 is 6.04 Å². The molecule has 3 rings (SSSR count). The van der Waals surface area contributed by atoms with E-state index >= 15 is 0 Å². The van der Waals surface area contributed by atoms with E-state index in [1.54, 1.807) is 6.07 Å². The van der Waals surface area contributed by atoms with Gasteiger partial charge >= 0.3 is 0 Å². The quantitative estimate of drug-likeness (QED) is 0.573. The third-order valence-electron chi connectivity index (χ3n) is 5.06. The Hall–Kier alpha value is -3.16. The number of rotatable bonds is 7. The predicted molar refractivity (Wildman–Crippen MR) is 110 cm³/mol. The van der Waals surface area contributed by atoms with Crippen LogP contribution in [0.3, 0.4) is 0 Å². The molecule has 0 bridgehead atoms. The van der Waals surface area contributed by atoms with E-state index in [2.05, 4.69) is 26.1 Å². The Morgan fingerprint density at radius 1 is 1.24 bits per heavy atom. The summed E-state index contributed by atoms with van der Waals surface area (Å²) in [5.74, 6) is -0.652. The Kier molecular flexibility index (Phi) is 6.99. The van der Waals surface area contributed by atoms with E-state index in [1.165, 1.54) is 0 Å². The lowest BCUT2D eigenvalue weighted by atomic mass is 9.98. The van der Waals surface area contributed by atoms with Gasteiger partial charge in [0, 0.05) is 24.9 Å². The number of carbonyl (C=O) groups is 3. The number of aromatic nitrogens is 2. The molecule has 2 heterocycles. The Morgan fingerprint density at radius 2 is 2.03 bits per heavy atom. The highest BCUT2D eigenvalue weighted by Gasteiger charge is 2.26. The van der Waals surface area contributed by atoms with E-state index in [9.17, 15) is 14.4 Å². The topological polar surface area (TPSA) is 116 Å². The highest BCUT2D eigenvalue weighted by atomic mass is 16.2. The minimum Gasteiger partial charge on any atom is -0.356 e.